The van der Waals surface area contributed by atoms with E-state index in [2.05, 4.69) is 19.9 Å². The van der Waals surface area contributed by atoms with Gasteiger partial charge in [-0.2, -0.15) is 10.4 Å². The van der Waals surface area contributed by atoms with Crippen molar-refractivity contribution in [2.24, 2.45) is 0 Å². The van der Waals surface area contributed by atoms with Crippen LogP contribution in [0.25, 0.3) is 0 Å². The molecular formula is C10H8ClN5O2S. The van der Waals surface area contributed by atoms with Gasteiger partial charge in [0.25, 0.3) is 0 Å². The highest BCUT2D eigenvalue weighted by Gasteiger charge is 2.18. The lowest BCUT2D eigenvalue weighted by atomic mass is 10.2. The molecule has 0 aliphatic carbocycles. The first-order chi connectivity index (χ1) is 9.03. The predicted octanol–water partition coefficient (Wildman–Crippen LogP) is 0.808. The minimum atomic E-state index is -3.82. The van der Waals surface area contributed by atoms with Crippen molar-refractivity contribution in [1.82, 2.24) is 19.9 Å². The molecule has 0 unspecified atom stereocenters. The Bertz CT molecular complexity index is 721. The van der Waals surface area contributed by atoms with E-state index < -0.39 is 10.0 Å². The van der Waals surface area contributed by atoms with Crippen molar-refractivity contribution in [3.05, 3.63) is 40.9 Å². The van der Waals surface area contributed by atoms with Crippen molar-refractivity contribution in [3.63, 3.8) is 0 Å². The van der Waals surface area contributed by atoms with E-state index in [1.54, 1.807) is 0 Å². The molecule has 0 aliphatic heterocycles. The maximum atomic E-state index is 12.0. The fraction of sp³-hybridized carbons (Fsp3) is 0.100. The number of nitriles is 1. The van der Waals surface area contributed by atoms with E-state index in [9.17, 15) is 8.42 Å². The number of nitrogens with zero attached hydrogens (tertiary/aromatic N) is 3. The monoisotopic (exact) mass is 297 g/mol. The van der Waals surface area contributed by atoms with Gasteiger partial charge < -0.3 is 0 Å². The molecule has 0 saturated carbocycles. The van der Waals surface area contributed by atoms with Crippen LogP contribution in [0.4, 0.5) is 0 Å². The minimum Gasteiger partial charge on any atom is -0.262 e. The van der Waals surface area contributed by atoms with Crippen LogP contribution in [0.1, 0.15) is 11.4 Å². The molecule has 2 aromatic rings. The van der Waals surface area contributed by atoms with Crippen LogP contribution in [-0.2, 0) is 16.6 Å². The number of sulfonamides is 1. The Morgan fingerprint density at radius 2 is 2.26 bits per heavy atom. The van der Waals surface area contributed by atoms with Crippen molar-refractivity contribution >= 4 is 21.6 Å². The van der Waals surface area contributed by atoms with E-state index in [0.717, 1.165) is 0 Å². The highest BCUT2D eigenvalue weighted by Crippen LogP contribution is 2.22. The molecule has 0 spiro atoms. The first-order valence-corrected chi connectivity index (χ1v) is 6.92. The number of aromatic amines is 1. The number of halogens is 1. The third kappa shape index (κ3) is 3.08. The second-order valence-electron chi connectivity index (χ2n) is 3.51. The topological polar surface area (TPSA) is 112 Å². The van der Waals surface area contributed by atoms with Gasteiger partial charge in [-0.1, -0.05) is 11.6 Å². The summed E-state index contributed by atoms with van der Waals surface area (Å²) in [6, 6.07) is 5.88. The Morgan fingerprint density at radius 1 is 1.47 bits per heavy atom. The van der Waals surface area contributed by atoms with Gasteiger partial charge >= 0.3 is 0 Å². The minimum absolute atomic E-state index is 0.0454. The zero-order valence-electron chi connectivity index (χ0n) is 9.46. The van der Waals surface area contributed by atoms with Crippen LogP contribution in [0, 0.1) is 11.3 Å². The lowest BCUT2D eigenvalue weighted by Crippen LogP contribution is -2.24. The summed E-state index contributed by atoms with van der Waals surface area (Å²) in [4.78, 5) is 3.64. The number of rotatable bonds is 4. The van der Waals surface area contributed by atoms with Gasteiger partial charge in [-0.05, 0) is 18.2 Å². The number of aromatic nitrogens is 3. The highest BCUT2D eigenvalue weighted by atomic mass is 35.5. The largest absolute Gasteiger partial charge is 0.262 e. The summed E-state index contributed by atoms with van der Waals surface area (Å²) in [6.07, 6.45) is 1.27. The average Bonchev–Trinajstić information content (AvgIpc) is 2.90. The third-order valence-corrected chi connectivity index (χ3v) is 4.13. The van der Waals surface area contributed by atoms with Gasteiger partial charge in [0.1, 0.15) is 17.0 Å². The summed E-state index contributed by atoms with van der Waals surface area (Å²) < 4.78 is 26.4. The molecule has 19 heavy (non-hydrogen) atoms. The van der Waals surface area contributed by atoms with Gasteiger partial charge in [-0.3, -0.25) is 5.10 Å². The zero-order chi connectivity index (χ0) is 13.9. The molecule has 2 N–H and O–H groups in total. The first-order valence-electron chi connectivity index (χ1n) is 5.06. The lowest BCUT2D eigenvalue weighted by molar-refractivity contribution is 0.579. The van der Waals surface area contributed by atoms with Crippen LogP contribution in [0.2, 0.25) is 5.02 Å². The summed E-state index contributed by atoms with van der Waals surface area (Å²) in [5.74, 6) is 0.371. The number of hydrogen-bond acceptors (Lipinski definition) is 5. The van der Waals surface area contributed by atoms with Gasteiger partial charge in [0.15, 0.2) is 0 Å². The summed E-state index contributed by atoms with van der Waals surface area (Å²) >= 11 is 5.83. The standard InChI is InChI=1S/C10H8ClN5O2S/c11-8-2-1-7(4-12)3-9(8)19(17,18)15-5-10-13-6-14-16-10/h1-3,6,15H,5H2,(H,13,14,16). The lowest BCUT2D eigenvalue weighted by Gasteiger charge is -2.07. The van der Waals surface area contributed by atoms with E-state index in [4.69, 9.17) is 16.9 Å². The molecule has 0 amide bonds. The maximum Gasteiger partial charge on any atom is 0.242 e. The Balaban J connectivity index is 2.27. The van der Waals surface area contributed by atoms with Crippen LogP contribution in [0.3, 0.4) is 0 Å². The Kier molecular flexibility index (Phi) is 3.80. The molecule has 9 heteroatoms. The van der Waals surface area contributed by atoms with Gasteiger partial charge in [0.05, 0.1) is 23.2 Å². The molecule has 98 valence electrons. The predicted molar refractivity (Wildman–Crippen MR) is 66.6 cm³/mol. The van der Waals surface area contributed by atoms with E-state index in [1.807, 2.05) is 6.07 Å². The van der Waals surface area contributed by atoms with Gasteiger partial charge in [0, 0.05) is 0 Å². The third-order valence-electron chi connectivity index (χ3n) is 2.24. The van der Waals surface area contributed by atoms with Gasteiger partial charge in [-0.15, -0.1) is 0 Å². The molecule has 0 radical (unpaired) electrons. The first kappa shape index (κ1) is 13.5. The fourth-order valence-electron chi connectivity index (χ4n) is 1.34. The van der Waals surface area contributed by atoms with Crippen LogP contribution in [0.15, 0.2) is 29.4 Å². The van der Waals surface area contributed by atoms with Crippen LogP contribution >= 0.6 is 11.6 Å². The van der Waals surface area contributed by atoms with E-state index in [-0.39, 0.29) is 22.0 Å². The molecule has 1 aromatic heterocycles. The fourth-order valence-corrected chi connectivity index (χ4v) is 2.85. The van der Waals surface area contributed by atoms with Crippen molar-refractivity contribution in [2.75, 3.05) is 0 Å². The summed E-state index contributed by atoms with van der Waals surface area (Å²) in [5, 5.41) is 14.9. The molecule has 0 saturated heterocycles. The van der Waals surface area contributed by atoms with Gasteiger partial charge in [-0.25, -0.2) is 18.1 Å². The molecule has 1 aromatic carbocycles. The number of H-pyrrole nitrogens is 1. The normalized spacial score (nSPS) is 11.2. The van der Waals surface area contributed by atoms with Crippen LogP contribution in [-0.4, -0.2) is 23.6 Å². The zero-order valence-corrected chi connectivity index (χ0v) is 11.0. The molecule has 0 atom stereocenters. The average molecular weight is 298 g/mol. The van der Waals surface area contributed by atoms with Crippen molar-refractivity contribution in [3.8, 4) is 6.07 Å². The molecule has 1 heterocycles. The molecule has 7 nitrogen and oxygen atoms in total. The van der Waals surface area contributed by atoms with Crippen molar-refractivity contribution in [1.29, 1.82) is 5.26 Å². The molecule has 0 aliphatic rings. The highest BCUT2D eigenvalue weighted by molar-refractivity contribution is 7.89. The Hall–Kier alpha value is -1.95. The number of nitrogens with one attached hydrogen (secondary N) is 2. The Labute approximate surface area is 114 Å². The van der Waals surface area contributed by atoms with Crippen LogP contribution in [0.5, 0.6) is 0 Å². The summed E-state index contributed by atoms with van der Waals surface area (Å²) in [6.45, 7) is -0.0462. The Morgan fingerprint density at radius 3 is 2.89 bits per heavy atom. The summed E-state index contributed by atoms with van der Waals surface area (Å²) in [7, 11) is -3.82. The maximum absolute atomic E-state index is 12.0. The number of hydrogen-bond donors (Lipinski definition) is 2. The molecule has 2 rings (SSSR count). The molecule has 0 bridgehead atoms. The second kappa shape index (κ2) is 5.36. The SMILES string of the molecule is N#Cc1ccc(Cl)c(S(=O)(=O)NCc2ncn[nH]2)c1. The molecule has 0 fully saturated rings. The second-order valence-corrected chi connectivity index (χ2v) is 5.66. The van der Waals surface area contributed by atoms with Gasteiger partial charge in [0.2, 0.25) is 10.0 Å². The van der Waals surface area contributed by atoms with E-state index in [1.165, 1.54) is 24.5 Å². The van der Waals surface area contributed by atoms with Crippen molar-refractivity contribution < 1.29 is 8.42 Å². The van der Waals surface area contributed by atoms with E-state index >= 15 is 0 Å². The smallest absolute Gasteiger partial charge is 0.242 e. The van der Waals surface area contributed by atoms with Crippen molar-refractivity contribution in [2.45, 2.75) is 11.4 Å². The quantitative estimate of drug-likeness (QED) is 0.867. The van der Waals surface area contributed by atoms with Crippen LogP contribution < -0.4 is 4.72 Å². The van der Waals surface area contributed by atoms with E-state index in [0.29, 0.717) is 5.82 Å². The molecular weight excluding hydrogens is 290 g/mol. The summed E-state index contributed by atoms with van der Waals surface area (Å²) in [5.41, 5.74) is 0.212. The number of benzene rings is 1.